The number of benzene rings is 1. The lowest BCUT2D eigenvalue weighted by molar-refractivity contribution is -0.118. The number of thioether (sulfide) groups is 1. The highest BCUT2D eigenvalue weighted by molar-refractivity contribution is 8.01. The number of nitrogens with one attached hydrogen (secondary N) is 2. The summed E-state index contributed by atoms with van der Waals surface area (Å²) in [5.74, 6) is 0.0971. The summed E-state index contributed by atoms with van der Waals surface area (Å²) in [6.45, 7) is 2.28. The van der Waals surface area contributed by atoms with Gasteiger partial charge >= 0.3 is 0 Å². The summed E-state index contributed by atoms with van der Waals surface area (Å²) in [5.41, 5.74) is 1.06. The smallest absolute Gasteiger partial charge is 0.230 e. The minimum Gasteiger partial charge on any atom is -0.351 e. The molecule has 0 spiro atoms. The first-order valence-corrected chi connectivity index (χ1v) is 8.54. The van der Waals surface area contributed by atoms with Crippen molar-refractivity contribution in [2.45, 2.75) is 24.2 Å². The highest BCUT2D eigenvalue weighted by Crippen LogP contribution is 2.25. The average molecular weight is 336 g/mol. The molecule has 8 heteroatoms. The third kappa shape index (κ3) is 5.45. The van der Waals surface area contributed by atoms with Crippen LogP contribution in [0.4, 0.5) is 5.13 Å². The van der Waals surface area contributed by atoms with E-state index in [4.69, 9.17) is 0 Å². The number of amides is 2. The Bertz CT molecular complexity index is 631. The number of rotatable bonds is 7. The fourth-order valence-electron chi connectivity index (χ4n) is 1.50. The Kier molecular flexibility index (Phi) is 6.35. The van der Waals surface area contributed by atoms with Crippen LogP contribution in [-0.2, 0) is 16.1 Å². The minimum absolute atomic E-state index is 0.0665. The second kappa shape index (κ2) is 8.50. The number of hydrogen-bond acceptors (Lipinski definition) is 6. The van der Waals surface area contributed by atoms with Gasteiger partial charge in [-0.15, -0.1) is 10.2 Å². The first-order valence-electron chi connectivity index (χ1n) is 6.74. The summed E-state index contributed by atoms with van der Waals surface area (Å²) < 4.78 is 0.654. The van der Waals surface area contributed by atoms with Crippen molar-refractivity contribution in [2.75, 3.05) is 11.1 Å². The second-order valence-corrected chi connectivity index (χ2v) is 6.53. The minimum atomic E-state index is -0.103. The van der Waals surface area contributed by atoms with Gasteiger partial charge in [0.2, 0.25) is 16.9 Å². The highest BCUT2D eigenvalue weighted by Gasteiger charge is 2.09. The van der Waals surface area contributed by atoms with Crippen molar-refractivity contribution in [3.05, 3.63) is 35.9 Å². The molecule has 0 radical (unpaired) electrons. The molecule has 0 aliphatic heterocycles. The van der Waals surface area contributed by atoms with Gasteiger partial charge in [-0.1, -0.05) is 60.4 Å². The largest absolute Gasteiger partial charge is 0.351 e. The molecule has 0 bridgehead atoms. The zero-order chi connectivity index (χ0) is 15.8. The van der Waals surface area contributed by atoms with Crippen LogP contribution in [0, 0.1) is 0 Å². The van der Waals surface area contributed by atoms with Gasteiger partial charge in [0, 0.05) is 13.0 Å². The Balaban J connectivity index is 1.73. The fraction of sp³-hybridized carbons (Fsp3) is 0.286. The van der Waals surface area contributed by atoms with E-state index in [2.05, 4.69) is 20.8 Å². The number of nitrogens with zero attached hydrogens (tertiary/aromatic N) is 2. The lowest BCUT2D eigenvalue weighted by atomic mass is 10.2. The first-order chi connectivity index (χ1) is 10.7. The van der Waals surface area contributed by atoms with Crippen LogP contribution in [0.25, 0.3) is 0 Å². The summed E-state index contributed by atoms with van der Waals surface area (Å²) in [4.78, 5) is 23.0. The van der Waals surface area contributed by atoms with E-state index in [0.717, 1.165) is 5.56 Å². The number of carbonyl (C=O) groups excluding carboxylic acids is 2. The lowest BCUT2D eigenvalue weighted by Gasteiger charge is -2.03. The Labute approximate surface area is 136 Å². The molecule has 0 aliphatic rings. The summed E-state index contributed by atoms with van der Waals surface area (Å²) >= 11 is 2.56. The van der Waals surface area contributed by atoms with Crippen molar-refractivity contribution in [3.8, 4) is 0 Å². The number of hydrogen-bond donors (Lipinski definition) is 2. The Morgan fingerprint density at radius 3 is 2.68 bits per heavy atom. The number of carbonyl (C=O) groups is 2. The SMILES string of the molecule is CCC(=O)Nc1nnc(SCC(=O)NCc2ccccc2)s1. The molecule has 22 heavy (non-hydrogen) atoms. The van der Waals surface area contributed by atoms with E-state index >= 15 is 0 Å². The third-order valence-corrected chi connectivity index (χ3v) is 4.61. The molecule has 2 rings (SSSR count). The highest BCUT2D eigenvalue weighted by atomic mass is 32.2. The zero-order valence-electron chi connectivity index (χ0n) is 12.0. The topological polar surface area (TPSA) is 84.0 Å². The number of anilines is 1. The van der Waals surface area contributed by atoms with Gasteiger partial charge in [0.15, 0.2) is 4.34 Å². The molecule has 6 nitrogen and oxygen atoms in total. The normalized spacial score (nSPS) is 10.2. The molecular formula is C14H16N4O2S2. The molecule has 116 valence electrons. The summed E-state index contributed by atoms with van der Waals surface area (Å²) in [6, 6.07) is 9.72. The molecule has 1 heterocycles. The molecule has 2 amide bonds. The third-order valence-electron chi connectivity index (χ3n) is 2.63. The van der Waals surface area contributed by atoms with Gasteiger partial charge < -0.3 is 10.6 Å². The lowest BCUT2D eigenvalue weighted by Crippen LogP contribution is -2.24. The second-order valence-electron chi connectivity index (χ2n) is 4.33. The van der Waals surface area contributed by atoms with Gasteiger partial charge in [0.25, 0.3) is 0 Å². The van der Waals surface area contributed by atoms with Crippen LogP contribution in [0.15, 0.2) is 34.7 Å². The van der Waals surface area contributed by atoms with E-state index < -0.39 is 0 Å². The monoisotopic (exact) mass is 336 g/mol. The van der Waals surface area contributed by atoms with Gasteiger partial charge in [0.05, 0.1) is 5.75 Å². The van der Waals surface area contributed by atoms with Crippen LogP contribution in [0.1, 0.15) is 18.9 Å². The van der Waals surface area contributed by atoms with Crippen LogP contribution < -0.4 is 10.6 Å². The van der Waals surface area contributed by atoms with Crippen molar-refractivity contribution in [1.29, 1.82) is 0 Å². The standard InChI is InChI=1S/C14H16N4O2S2/c1-2-11(19)16-13-17-18-14(22-13)21-9-12(20)15-8-10-6-4-3-5-7-10/h3-7H,2,8-9H2,1H3,(H,15,20)(H,16,17,19). The molecule has 1 aromatic heterocycles. The Hall–Kier alpha value is -1.93. The van der Waals surface area contributed by atoms with E-state index in [1.165, 1.54) is 23.1 Å². The van der Waals surface area contributed by atoms with Crippen LogP contribution in [0.5, 0.6) is 0 Å². The molecule has 2 aromatic rings. The van der Waals surface area contributed by atoms with Crippen LogP contribution >= 0.6 is 23.1 Å². The molecule has 0 saturated heterocycles. The molecule has 0 saturated carbocycles. The molecule has 0 atom stereocenters. The maximum atomic E-state index is 11.8. The molecular weight excluding hydrogens is 320 g/mol. The van der Waals surface area contributed by atoms with Gasteiger partial charge in [-0.25, -0.2) is 0 Å². The molecule has 2 N–H and O–H groups in total. The van der Waals surface area contributed by atoms with E-state index in [-0.39, 0.29) is 17.6 Å². The van der Waals surface area contributed by atoms with Crippen molar-refractivity contribution in [3.63, 3.8) is 0 Å². The number of aromatic nitrogens is 2. The predicted octanol–water partition coefficient (Wildman–Crippen LogP) is 2.30. The first kappa shape index (κ1) is 16.4. The van der Waals surface area contributed by atoms with Gasteiger partial charge in [-0.05, 0) is 5.56 Å². The van der Waals surface area contributed by atoms with Gasteiger partial charge in [0.1, 0.15) is 0 Å². The van der Waals surface area contributed by atoms with Crippen molar-refractivity contribution in [2.24, 2.45) is 0 Å². The van der Waals surface area contributed by atoms with Crippen LogP contribution in [0.3, 0.4) is 0 Å². The maximum absolute atomic E-state index is 11.8. The molecule has 1 aromatic carbocycles. The van der Waals surface area contributed by atoms with E-state index in [9.17, 15) is 9.59 Å². The quantitative estimate of drug-likeness (QED) is 0.599. The molecule has 0 unspecified atom stereocenters. The van der Waals surface area contributed by atoms with E-state index in [0.29, 0.717) is 22.4 Å². The van der Waals surface area contributed by atoms with Crippen molar-refractivity contribution >= 4 is 40.0 Å². The fourth-order valence-corrected chi connectivity index (χ4v) is 3.10. The predicted molar refractivity (Wildman–Crippen MR) is 87.8 cm³/mol. The molecule has 0 aliphatic carbocycles. The maximum Gasteiger partial charge on any atom is 0.230 e. The van der Waals surface area contributed by atoms with Crippen molar-refractivity contribution in [1.82, 2.24) is 15.5 Å². The molecule has 0 fully saturated rings. The summed E-state index contributed by atoms with van der Waals surface area (Å²) in [6.07, 6.45) is 0.393. The summed E-state index contributed by atoms with van der Waals surface area (Å²) in [7, 11) is 0. The van der Waals surface area contributed by atoms with Crippen LogP contribution in [0.2, 0.25) is 0 Å². The van der Waals surface area contributed by atoms with E-state index in [1.54, 1.807) is 6.92 Å². The Morgan fingerprint density at radius 1 is 1.18 bits per heavy atom. The van der Waals surface area contributed by atoms with E-state index in [1.807, 2.05) is 30.3 Å². The zero-order valence-corrected chi connectivity index (χ0v) is 13.7. The van der Waals surface area contributed by atoms with Crippen LogP contribution in [-0.4, -0.2) is 27.8 Å². The average Bonchev–Trinajstić information content (AvgIpc) is 2.99. The van der Waals surface area contributed by atoms with Gasteiger partial charge in [-0.3, -0.25) is 9.59 Å². The Morgan fingerprint density at radius 2 is 1.95 bits per heavy atom. The van der Waals surface area contributed by atoms with Gasteiger partial charge in [-0.2, -0.15) is 0 Å². The summed E-state index contributed by atoms with van der Waals surface area (Å²) in [5, 5.41) is 13.7. The van der Waals surface area contributed by atoms with Crippen molar-refractivity contribution < 1.29 is 9.59 Å².